The van der Waals surface area contributed by atoms with Crippen molar-refractivity contribution >= 4 is 17.3 Å². The van der Waals surface area contributed by atoms with Gasteiger partial charge in [-0.2, -0.15) is 0 Å². The van der Waals surface area contributed by atoms with Gasteiger partial charge in [0.25, 0.3) is 0 Å². The van der Waals surface area contributed by atoms with E-state index in [-0.39, 0.29) is 12.1 Å². The van der Waals surface area contributed by atoms with Gasteiger partial charge in [-0.05, 0) is 31.6 Å². The van der Waals surface area contributed by atoms with Gasteiger partial charge in [0, 0.05) is 19.4 Å². The van der Waals surface area contributed by atoms with E-state index in [9.17, 15) is 5.11 Å². The van der Waals surface area contributed by atoms with Crippen LogP contribution in [-0.4, -0.2) is 38.7 Å². The Hall–Kier alpha value is -1.82. The Labute approximate surface area is 124 Å². The molecule has 0 aromatic carbocycles. The molecule has 6 heteroatoms. The van der Waals surface area contributed by atoms with Gasteiger partial charge in [0.2, 0.25) is 0 Å². The third kappa shape index (κ3) is 2.68. The topological polar surface area (TPSA) is 74.5 Å². The number of nitrogens with zero attached hydrogens (tertiary/aromatic N) is 3. The Morgan fingerprint density at radius 2 is 2.19 bits per heavy atom. The highest BCUT2D eigenvalue weighted by Gasteiger charge is 2.34. The van der Waals surface area contributed by atoms with Crippen molar-refractivity contribution in [3.05, 3.63) is 18.6 Å². The van der Waals surface area contributed by atoms with E-state index < -0.39 is 0 Å². The van der Waals surface area contributed by atoms with Crippen LogP contribution in [0.25, 0.3) is 5.65 Å². The number of hydrogen-bond acceptors (Lipinski definition) is 5. The Bertz CT molecular complexity index is 616. The molecule has 1 fully saturated rings. The normalized spacial score (nSPS) is 26.0. The quantitative estimate of drug-likeness (QED) is 0.804. The van der Waals surface area contributed by atoms with Crippen molar-refractivity contribution in [2.45, 2.75) is 38.1 Å². The lowest BCUT2D eigenvalue weighted by molar-refractivity contribution is 0.155. The summed E-state index contributed by atoms with van der Waals surface area (Å²) >= 11 is 0. The predicted molar refractivity (Wildman–Crippen MR) is 83.6 cm³/mol. The first-order valence-corrected chi connectivity index (χ1v) is 7.56. The summed E-state index contributed by atoms with van der Waals surface area (Å²) in [6, 6.07) is 0. The van der Waals surface area contributed by atoms with Crippen molar-refractivity contribution in [1.82, 2.24) is 14.4 Å². The molecule has 1 aliphatic carbocycles. The molecule has 0 spiro atoms. The zero-order valence-corrected chi connectivity index (χ0v) is 12.6. The number of imidazole rings is 1. The summed E-state index contributed by atoms with van der Waals surface area (Å²) in [4.78, 5) is 8.95. The second kappa shape index (κ2) is 5.52. The highest BCUT2D eigenvalue weighted by molar-refractivity contribution is 5.66. The van der Waals surface area contributed by atoms with Crippen LogP contribution in [0.2, 0.25) is 0 Å². The van der Waals surface area contributed by atoms with Gasteiger partial charge in [0.1, 0.15) is 5.82 Å². The standard InChI is InChI=1S/C15H23N5O/c1-11-3-5-15(10-21,6-4-11)19-13-14-17-7-8-20(14)9-12(16-2)18-13/h7-9,11,16,21H,3-6,10H2,1-2H3,(H,18,19). The fourth-order valence-electron chi connectivity index (χ4n) is 3.02. The Morgan fingerprint density at radius 1 is 1.43 bits per heavy atom. The maximum absolute atomic E-state index is 9.91. The van der Waals surface area contributed by atoms with Gasteiger partial charge in [0.15, 0.2) is 11.5 Å². The van der Waals surface area contributed by atoms with Gasteiger partial charge in [-0.25, -0.2) is 9.97 Å². The average molecular weight is 289 g/mol. The van der Waals surface area contributed by atoms with Gasteiger partial charge in [-0.1, -0.05) is 6.92 Å². The SMILES string of the molecule is CNc1cn2ccnc2c(NC2(CO)CCC(C)CC2)n1. The van der Waals surface area contributed by atoms with Gasteiger partial charge in [0.05, 0.1) is 18.3 Å². The van der Waals surface area contributed by atoms with E-state index in [1.165, 1.54) is 0 Å². The number of fused-ring (bicyclic) bond motifs is 1. The van der Waals surface area contributed by atoms with E-state index in [1.807, 2.05) is 23.8 Å². The third-order valence-electron chi connectivity index (χ3n) is 4.55. The predicted octanol–water partition coefficient (Wildman–Crippen LogP) is 2.12. The van der Waals surface area contributed by atoms with E-state index in [0.717, 1.165) is 48.9 Å². The van der Waals surface area contributed by atoms with Crippen LogP contribution < -0.4 is 10.6 Å². The van der Waals surface area contributed by atoms with Crippen molar-refractivity contribution in [3.63, 3.8) is 0 Å². The number of aliphatic hydroxyl groups excluding tert-OH is 1. The highest BCUT2D eigenvalue weighted by atomic mass is 16.3. The number of nitrogens with one attached hydrogen (secondary N) is 2. The maximum Gasteiger partial charge on any atom is 0.180 e. The lowest BCUT2D eigenvalue weighted by Crippen LogP contribution is -2.45. The molecule has 0 atom stereocenters. The van der Waals surface area contributed by atoms with Gasteiger partial charge in [-0.3, -0.25) is 0 Å². The third-order valence-corrected chi connectivity index (χ3v) is 4.55. The Balaban J connectivity index is 1.94. The monoisotopic (exact) mass is 289 g/mol. The molecule has 6 nitrogen and oxygen atoms in total. The summed E-state index contributed by atoms with van der Waals surface area (Å²) in [6.07, 6.45) is 9.75. The van der Waals surface area contributed by atoms with E-state index in [0.29, 0.717) is 0 Å². The first-order chi connectivity index (χ1) is 10.2. The van der Waals surface area contributed by atoms with Gasteiger partial charge in [-0.15, -0.1) is 0 Å². The average Bonchev–Trinajstić information content (AvgIpc) is 2.98. The smallest absolute Gasteiger partial charge is 0.180 e. The molecule has 114 valence electrons. The minimum Gasteiger partial charge on any atom is -0.394 e. The Morgan fingerprint density at radius 3 is 2.86 bits per heavy atom. The summed E-state index contributed by atoms with van der Waals surface area (Å²) in [6.45, 7) is 2.39. The molecule has 2 aromatic rings. The molecular formula is C15H23N5O. The zero-order valence-electron chi connectivity index (χ0n) is 12.6. The van der Waals surface area contributed by atoms with Crippen LogP contribution >= 0.6 is 0 Å². The molecule has 2 aromatic heterocycles. The largest absolute Gasteiger partial charge is 0.394 e. The molecule has 2 heterocycles. The van der Waals surface area contributed by atoms with Crippen LogP contribution in [0.15, 0.2) is 18.6 Å². The summed E-state index contributed by atoms with van der Waals surface area (Å²) in [5.74, 6) is 2.24. The number of rotatable bonds is 4. The lowest BCUT2D eigenvalue weighted by atomic mass is 9.77. The summed E-state index contributed by atoms with van der Waals surface area (Å²) in [7, 11) is 1.85. The van der Waals surface area contributed by atoms with Crippen LogP contribution in [0.5, 0.6) is 0 Å². The molecule has 3 N–H and O–H groups in total. The first-order valence-electron chi connectivity index (χ1n) is 7.56. The van der Waals surface area contributed by atoms with Crippen LogP contribution in [0.1, 0.15) is 32.6 Å². The fraction of sp³-hybridized carbons (Fsp3) is 0.600. The van der Waals surface area contributed by atoms with Crippen LogP contribution in [0.4, 0.5) is 11.6 Å². The van der Waals surface area contributed by atoms with Crippen molar-refractivity contribution in [2.24, 2.45) is 5.92 Å². The lowest BCUT2D eigenvalue weighted by Gasteiger charge is -2.39. The van der Waals surface area contributed by atoms with Crippen LogP contribution in [0, 0.1) is 5.92 Å². The first kappa shape index (κ1) is 14.1. The molecule has 0 aliphatic heterocycles. The van der Waals surface area contributed by atoms with Crippen molar-refractivity contribution in [1.29, 1.82) is 0 Å². The molecule has 1 aliphatic rings. The van der Waals surface area contributed by atoms with Gasteiger partial charge >= 0.3 is 0 Å². The molecular weight excluding hydrogens is 266 g/mol. The summed E-state index contributed by atoms with van der Waals surface area (Å²) in [5.41, 5.74) is 0.513. The van der Waals surface area contributed by atoms with Crippen molar-refractivity contribution in [2.75, 3.05) is 24.3 Å². The summed E-state index contributed by atoms with van der Waals surface area (Å²) < 4.78 is 1.94. The van der Waals surface area contributed by atoms with Crippen molar-refractivity contribution < 1.29 is 5.11 Å². The van der Waals surface area contributed by atoms with E-state index in [4.69, 9.17) is 0 Å². The number of aliphatic hydroxyl groups is 1. The summed E-state index contributed by atoms with van der Waals surface area (Å²) in [5, 5.41) is 16.5. The number of aromatic nitrogens is 3. The number of hydrogen-bond donors (Lipinski definition) is 3. The molecule has 0 amide bonds. The molecule has 0 saturated heterocycles. The minimum absolute atomic E-state index is 0.123. The highest BCUT2D eigenvalue weighted by Crippen LogP contribution is 2.34. The van der Waals surface area contributed by atoms with Crippen LogP contribution in [-0.2, 0) is 0 Å². The van der Waals surface area contributed by atoms with Gasteiger partial charge < -0.3 is 20.1 Å². The van der Waals surface area contributed by atoms with Crippen LogP contribution in [0.3, 0.4) is 0 Å². The molecule has 1 saturated carbocycles. The second-order valence-corrected chi connectivity index (χ2v) is 6.13. The van der Waals surface area contributed by atoms with E-state index in [1.54, 1.807) is 6.20 Å². The molecule has 3 rings (SSSR count). The van der Waals surface area contributed by atoms with Crippen molar-refractivity contribution in [3.8, 4) is 0 Å². The van der Waals surface area contributed by atoms with E-state index in [2.05, 4.69) is 27.5 Å². The van der Waals surface area contributed by atoms with E-state index >= 15 is 0 Å². The maximum atomic E-state index is 9.91. The fourth-order valence-corrected chi connectivity index (χ4v) is 3.02. The molecule has 21 heavy (non-hydrogen) atoms. The molecule has 0 unspecified atom stereocenters. The zero-order chi connectivity index (χ0) is 14.9. The Kier molecular flexibility index (Phi) is 3.71. The molecule has 0 radical (unpaired) electrons. The second-order valence-electron chi connectivity index (χ2n) is 6.13. The minimum atomic E-state index is -0.279. The number of anilines is 2. The molecule has 0 bridgehead atoms.